The monoisotopic (exact) mass is 175 g/mol. The van der Waals surface area contributed by atoms with Gasteiger partial charge in [0.05, 0.1) is 6.10 Å². The summed E-state index contributed by atoms with van der Waals surface area (Å²) in [5.74, 6) is 0. The second-order valence-corrected chi connectivity index (χ2v) is 4.08. The predicted molar refractivity (Wildman–Crippen MR) is 50.3 cm³/mol. The van der Waals surface area contributed by atoms with Crippen LogP contribution in [0, 0.1) is 0 Å². The first kappa shape index (κ1) is 9.44. The Morgan fingerprint density at radius 3 is 2.73 bits per heavy atom. The van der Waals surface area contributed by atoms with Gasteiger partial charge in [-0.25, -0.2) is 0 Å². The highest BCUT2D eigenvalue weighted by Crippen LogP contribution is 2.27. The Hall–Kier alpha value is 0.350. The zero-order valence-corrected chi connectivity index (χ0v) is 8.48. The summed E-state index contributed by atoms with van der Waals surface area (Å²) >= 11 is 0. The lowest BCUT2D eigenvalue weighted by molar-refractivity contribution is 0.0561. The molecule has 2 nitrogen and oxygen atoms in total. The highest BCUT2D eigenvalue weighted by molar-refractivity contribution is 7.13. The van der Waals surface area contributed by atoms with Crippen molar-refractivity contribution in [3.63, 3.8) is 0 Å². The lowest BCUT2D eigenvalue weighted by atomic mass is 9.95. The summed E-state index contributed by atoms with van der Waals surface area (Å²) in [4.78, 5) is 0. The fourth-order valence-corrected chi connectivity index (χ4v) is 2.24. The number of aliphatic hydroxyl groups is 1. The third kappa shape index (κ3) is 2.14. The maximum absolute atomic E-state index is 9.46. The third-order valence-electron chi connectivity index (χ3n) is 2.56. The van der Waals surface area contributed by atoms with Crippen LogP contribution in [-0.2, 0) is 0 Å². The average molecular weight is 175 g/mol. The Morgan fingerprint density at radius 1 is 1.55 bits per heavy atom. The Morgan fingerprint density at radius 2 is 2.18 bits per heavy atom. The van der Waals surface area contributed by atoms with E-state index in [1.807, 2.05) is 0 Å². The standard InChI is InChI=1S/C8H18NOP/c1-3-7-5-8(10)4-6(2)9(7)11/h6-8,10H,3-5,11H2,1-2H3. The number of rotatable bonds is 1. The van der Waals surface area contributed by atoms with E-state index in [-0.39, 0.29) is 6.10 Å². The smallest absolute Gasteiger partial charge is 0.0570 e. The molecule has 1 aliphatic heterocycles. The molecule has 0 aromatic rings. The lowest BCUT2D eigenvalue weighted by Gasteiger charge is -2.39. The molecule has 0 aliphatic carbocycles. The van der Waals surface area contributed by atoms with E-state index in [9.17, 15) is 5.11 Å². The number of piperidine rings is 1. The first-order chi connectivity index (χ1) is 5.15. The highest BCUT2D eigenvalue weighted by Gasteiger charge is 2.28. The van der Waals surface area contributed by atoms with Gasteiger partial charge in [0.1, 0.15) is 0 Å². The van der Waals surface area contributed by atoms with Gasteiger partial charge in [-0.2, -0.15) is 0 Å². The molecular formula is C8H18NOP. The molecule has 66 valence electrons. The molecule has 4 unspecified atom stereocenters. The molecule has 1 rings (SSSR count). The van der Waals surface area contributed by atoms with Gasteiger partial charge in [0.15, 0.2) is 0 Å². The van der Waals surface area contributed by atoms with Crippen molar-refractivity contribution in [1.29, 1.82) is 0 Å². The van der Waals surface area contributed by atoms with E-state index >= 15 is 0 Å². The summed E-state index contributed by atoms with van der Waals surface area (Å²) in [5.41, 5.74) is 0. The van der Waals surface area contributed by atoms with Gasteiger partial charge in [0, 0.05) is 12.1 Å². The maximum Gasteiger partial charge on any atom is 0.0570 e. The van der Waals surface area contributed by atoms with Gasteiger partial charge in [0.25, 0.3) is 0 Å². The third-order valence-corrected chi connectivity index (χ3v) is 3.49. The molecule has 3 heteroatoms. The zero-order valence-electron chi connectivity index (χ0n) is 7.33. The maximum atomic E-state index is 9.46. The minimum atomic E-state index is -0.0771. The van der Waals surface area contributed by atoms with Crippen LogP contribution in [0.25, 0.3) is 0 Å². The molecule has 0 amide bonds. The Labute approximate surface area is 71.2 Å². The van der Waals surface area contributed by atoms with Crippen LogP contribution in [0.3, 0.4) is 0 Å². The fourth-order valence-electron chi connectivity index (χ4n) is 1.78. The molecule has 0 radical (unpaired) electrons. The topological polar surface area (TPSA) is 23.5 Å². The molecule has 11 heavy (non-hydrogen) atoms. The van der Waals surface area contributed by atoms with Crippen molar-refractivity contribution in [2.45, 2.75) is 51.3 Å². The van der Waals surface area contributed by atoms with Crippen LogP contribution in [0.5, 0.6) is 0 Å². The second-order valence-electron chi connectivity index (χ2n) is 3.48. The van der Waals surface area contributed by atoms with Crippen molar-refractivity contribution >= 4 is 9.39 Å². The molecule has 1 heterocycles. The van der Waals surface area contributed by atoms with Crippen LogP contribution < -0.4 is 0 Å². The van der Waals surface area contributed by atoms with Crippen molar-refractivity contribution in [2.24, 2.45) is 0 Å². The van der Waals surface area contributed by atoms with E-state index in [0.29, 0.717) is 12.1 Å². The Balaban J connectivity index is 2.51. The second kappa shape index (κ2) is 3.84. The van der Waals surface area contributed by atoms with Gasteiger partial charge >= 0.3 is 0 Å². The number of aliphatic hydroxyl groups excluding tert-OH is 1. The van der Waals surface area contributed by atoms with E-state index in [1.165, 1.54) is 0 Å². The molecule has 1 N–H and O–H groups in total. The number of nitrogens with zero attached hydrogens (tertiary/aromatic N) is 1. The molecule has 0 saturated carbocycles. The fraction of sp³-hybridized carbons (Fsp3) is 1.00. The van der Waals surface area contributed by atoms with E-state index in [4.69, 9.17) is 0 Å². The Bertz CT molecular complexity index is 131. The average Bonchev–Trinajstić information content (AvgIpc) is 1.96. The summed E-state index contributed by atoms with van der Waals surface area (Å²) in [5, 5.41) is 9.46. The minimum Gasteiger partial charge on any atom is -0.393 e. The van der Waals surface area contributed by atoms with Gasteiger partial charge in [-0.1, -0.05) is 16.3 Å². The molecule has 1 saturated heterocycles. The summed E-state index contributed by atoms with van der Waals surface area (Å²) in [6.07, 6.45) is 2.90. The van der Waals surface area contributed by atoms with Crippen molar-refractivity contribution < 1.29 is 5.11 Å². The van der Waals surface area contributed by atoms with E-state index in [1.54, 1.807) is 0 Å². The summed E-state index contributed by atoms with van der Waals surface area (Å²) in [6, 6.07) is 1.06. The number of hydrogen-bond donors (Lipinski definition) is 1. The minimum absolute atomic E-state index is 0.0771. The molecular weight excluding hydrogens is 157 g/mol. The van der Waals surface area contributed by atoms with Crippen LogP contribution in [0.4, 0.5) is 0 Å². The quantitative estimate of drug-likeness (QED) is 0.609. The van der Waals surface area contributed by atoms with Crippen molar-refractivity contribution in [1.82, 2.24) is 4.67 Å². The van der Waals surface area contributed by atoms with Crippen molar-refractivity contribution in [3.8, 4) is 0 Å². The molecule has 0 spiro atoms. The molecule has 0 aromatic heterocycles. The van der Waals surface area contributed by atoms with Gasteiger partial charge in [0.2, 0.25) is 0 Å². The van der Waals surface area contributed by atoms with Gasteiger partial charge in [-0.3, -0.25) is 4.67 Å². The predicted octanol–water partition coefficient (Wildman–Crippen LogP) is 1.40. The first-order valence-electron chi connectivity index (χ1n) is 4.36. The SMILES string of the molecule is CCC1CC(O)CC(C)N1P. The molecule has 4 atom stereocenters. The first-order valence-corrected chi connectivity index (χ1v) is 4.87. The largest absolute Gasteiger partial charge is 0.393 e. The highest BCUT2D eigenvalue weighted by atomic mass is 31.0. The van der Waals surface area contributed by atoms with Crippen LogP contribution >= 0.6 is 9.39 Å². The molecule has 1 fully saturated rings. The van der Waals surface area contributed by atoms with E-state index < -0.39 is 0 Å². The Kier molecular flexibility index (Phi) is 3.29. The normalized spacial score (nSPS) is 40.9. The summed E-state index contributed by atoms with van der Waals surface area (Å²) < 4.78 is 2.30. The van der Waals surface area contributed by atoms with Crippen LogP contribution in [0.1, 0.15) is 33.1 Å². The van der Waals surface area contributed by atoms with E-state index in [2.05, 4.69) is 27.9 Å². The van der Waals surface area contributed by atoms with Crippen LogP contribution in [-0.4, -0.2) is 28.0 Å². The van der Waals surface area contributed by atoms with E-state index in [0.717, 1.165) is 19.3 Å². The summed E-state index contributed by atoms with van der Waals surface area (Å²) in [7, 11) is 2.77. The van der Waals surface area contributed by atoms with Gasteiger partial charge in [-0.15, -0.1) is 0 Å². The van der Waals surface area contributed by atoms with Gasteiger partial charge < -0.3 is 5.11 Å². The summed E-state index contributed by atoms with van der Waals surface area (Å²) in [6.45, 7) is 4.34. The lowest BCUT2D eigenvalue weighted by Crippen LogP contribution is -2.43. The molecule has 1 aliphatic rings. The van der Waals surface area contributed by atoms with Crippen molar-refractivity contribution in [3.05, 3.63) is 0 Å². The van der Waals surface area contributed by atoms with Crippen LogP contribution in [0.15, 0.2) is 0 Å². The molecule has 0 bridgehead atoms. The van der Waals surface area contributed by atoms with Gasteiger partial charge in [-0.05, 0) is 26.2 Å². The van der Waals surface area contributed by atoms with Crippen molar-refractivity contribution in [2.75, 3.05) is 0 Å². The molecule has 0 aromatic carbocycles. The number of hydrogen-bond acceptors (Lipinski definition) is 2. The zero-order chi connectivity index (χ0) is 8.43. The van der Waals surface area contributed by atoms with Crippen LogP contribution in [0.2, 0.25) is 0 Å².